The van der Waals surface area contributed by atoms with Gasteiger partial charge in [-0.25, -0.2) is 4.39 Å². The largest absolute Gasteiger partial charge is 0.506 e. The van der Waals surface area contributed by atoms with E-state index in [0.29, 0.717) is 10.0 Å². The van der Waals surface area contributed by atoms with Gasteiger partial charge in [-0.3, -0.25) is 0 Å². The molecule has 0 fully saturated rings. The summed E-state index contributed by atoms with van der Waals surface area (Å²) in [7, 11) is 0. The number of benzene rings is 1. The molecule has 0 heterocycles. The van der Waals surface area contributed by atoms with Crippen LogP contribution < -0.4 is 5.73 Å². The predicted octanol–water partition coefficient (Wildman–Crippen LogP) is 3.09. The van der Waals surface area contributed by atoms with E-state index < -0.39 is 5.82 Å². The Balaban J connectivity index is 3.07. The highest BCUT2D eigenvalue weighted by molar-refractivity contribution is 9.10. The van der Waals surface area contributed by atoms with Crippen molar-refractivity contribution in [3.63, 3.8) is 0 Å². The average Bonchev–Trinajstić information content (AvgIpc) is 2.11. The summed E-state index contributed by atoms with van der Waals surface area (Å²) in [6.45, 7) is 1.99. The molecule has 2 nitrogen and oxygen atoms in total. The second-order valence-electron chi connectivity index (χ2n) is 3.22. The second-order valence-corrected chi connectivity index (χ2v) is 4.07. The Kier molecular flexibility index (Phi) is 3.89. The molecule has 78 valence electrons. The molecule has 0 aliphatic carbocycles. The average molecular weight is 262 g/mol. The summed E-state index contributed by atoms with van der Waals surface area (Å²) in [4.78, 5) is 0. The molecule has 4 heteroatoms. The van der Waals surface area contributed by atoms with E-state index in [1.165, 1.54) is 12.1 Å². The number of halogens is 2. The van der Waals surface area contributed by atoms with Gasteiger partial charge in [0, 0.05) is 11.6 Å². The standard InChI is InChI=1S/C10H13BrFNO/c1-2-3-9(13)7-4-6(12)5-8(11)10(7)14/h4-5,9,14H,2-3,13H2,1H3/t9-/m1/s1. The van der Waals surface area contributed by atoms with Gasteiger partial charge < -0.3 is 10.8 Å². The van der Waals surface area contributed by atoms with Gasteiger partial charge in [-0.05, 0) is 34.5 Å². The number of aromatic hydroxyl groups is 1. The first kappa shape index (κ1) is 11.5. The number of rotatable bonds is 3. The molecule has 0 saturated heterocycles. The van der Waals surface area contributed by atoms with Crippen molar-refractivity contribution in [2.24, 2.45) is 5.73 Å². The molecule has 1 aromatic rings. The summed E-state index contributed by atoms with van der Waals surface area (Å²) in [5, 5.41) is 9.63. The molecule has 0 aromatic heterocycles. The zero-order valence-corrected chi connectivity index (χ0v) is 9.51. The van der Waals surface area contributed by atoms with Crippen LogP contribution >= 0.6 is 15.9 Å². The van der Waals surface area contributed by atoms with E-state index in [1.807, 2.05) is 6.92 Å². The van der Waals surface area contributed by atoms with Crippen LogP contribution in [0, 0.1) is 5.82 Å². The maximum Gasteiger partial charge on any atom is 0.134 e. The lowest BCUT2D eigenvalue weighted by Crippen LogP contribution is -2.10. The number of nitrogens with two attached hydrogens (primary N) is 1. The summed E-state index contributed by atoms with van der Waals surface area (Å²) >= 11 is 3.07. The zero-order chi connectivity index (χ0) is 10.7. The van der Waals surface area contributed by atoms with Crippen LogP contribution in [0.25, 0.3) is 0 Å². The molecule has 0 unspecified atom stereocenters. The Morgan fingerprint density at radius 3 is 2.79 bits per heavy atom. The number of phenolic OH excluding ortho intramolecular Hbond substituents is 1. The molecule has 14 heavy (non-hydrogen) atoms. The molecule has 3 N–H and O–H groups in total. The van der Waals surface area contributed by atoms with Gasteiger partial charge in [0.1, 0.15) is 11.6 Å². The van der Waals surface area contributed by atoms with E-state index in [0.717, 1.165) is 12.8 Å². The number of hydrogen-bond acceptors (Lipinski definition) is 2. The molecule has 1 aromatic carbocycles. The van der Waals surface area contributed by atoms with Crippen molar-refractivity contribution in [2.45, 2.75) is 25.8 Å². The van der Waals surface area contributed by atoms with Crippen LogP contribution in [0.2, 0.25) is 0 Å². The number of phenols is 1. The smallest absolute Gasteiger partial charge is 0.134 e. The van der Waals surface area contributed by atoms with Crippen molar-refractivity contribution < 1.29 is 9.50 Å². The number of hydrogen-bond donors (Lipinski definition) is 2. The van der Waals surface area contributed by atoms with Crippen molar-refractivity contribution in [3.8, 4) is 5.75 Å². The van der Waals surface area contributed by atoms with E-state index in [1.54, 1.807) is 0 Å². The highest BCUT2D eigenvalue weighted by atomic mass is 79.9. The van der Waals surface area contributed by atoms with E-state index in [-0.39, 0.29) is 11.8 Å². The van der Waals surface area contributed by atoms with Crippen LogP contribution in [0.1, 0.15) is 31.4 Å². The van der Waals surface area contributed by atoms with Crippen LogP contribution in [0.3, 0.4) is 0 Å². The molecular weight excluding hydrogens is 249 g/mol. The lowest BCUT2D eigenvalue weighted by atomic mass is 10.0. The zero-order valence-electron chi connectivity index (χ0n) is 7.93. The Morgan fingerprint density at radius 1 is 1.57 bits per heavy atom. The molecule has 0 aliphatic heterocycles. The van der Waals surface area contributed by atoms with Crippen LogP contribution in [-0.2, 0) is 0 Å². The van der Waals surface area contributed by atoms with Crippen molar-refractivity contribution in [2.75, 3.05) is 0 Å². The topological polar surface area (TPSA) is 46.2 Å². The lowest BCUT2D eigenvalue weighted by molar-refractivity contribution is 0.451. The normalized spacial score (nSPS) is 12.9. The molecule has 0 spiro atoms. The Hall–Kier alpha value is -0.610. The summed E-state index contributed by atoms with van der Waals surface area (Å²) in [5.41, 5.74) is 6.25. The van der Waals surface area contributed by atoms with Crippen LogP contribution in [0.5, 0.6) is 5.75 Å². The third-order valence-corrected chi connectivity index (χ3v) is 2.66. The molecule has 0 aliphatic rings. The van der Waals surface area contributed by atoms with Crippen LogP contribution in [0.4, 0.5) is 4.39 Å². The second kappa shape index (κ2) is 4.75. The fourth-order valence-corrected chi connectivity index (χ4v) is 1.78. The quantitative estimate of drug-likeness (QED) is 0.879. The molecule has 0 bridgehead atoms. The fraction of sp³-hybridized carbons (Fsp3) is 0.400. The van der Waals surface area contributed by atoms with E-state index in [9.17, 15) is 9.50 Å². The maximum absolute atomic E-state index is 13.0. The first-order chi connectivity index (χ1) is 6.56. The summed E-state index contributed by atoms with van der Waals surface area (Å²) < 4.78 is 13.4. The van der Waals surface area contributed by atoms with Gasteiger partial charge >= 0.3 is 0 Å². The third-order valence-electron chi connectivity index (χ3n) is 2.06. The van der Waals surface area contributed by atoms with Gasteiger partial charge in [0.2, 0.25) is 0 Å². The van der Waals surface area contributed by atoms with Crippen molar-refractivity contribution >= 4 is 15.9 Å². The molecule has 0 saturated carbocycles. The third kappa shape index (κ3) is 2.45. The fourth-order valence-electron chi connectivity index (χ4n) is 1.34. The minimum atomic E-state index is -0.392. The Labute approximate surface area is 91.1 Å². The minimum Gasteiger partial charge on any atom is -0.506 e. The van der Waals surface area contributed by atoms with Crippen molar-refractivity contribution in [1.29, 1.82) is 0 Å². The molecule has 1 atom stereocenters. The molecule has 0 radical (unpaired) electrons. The van der Waals surface area contributed by atoms with E-state index >= 15 is 0 Å². The Morgan fingerprint density at radius 2 is 2.21 bits per heavy atom. The van der Waals surface area contributed by atoms with Crippen LogP contribution in [0.15, 0.2) is 16.6 Å². The summed E-state index contributed by atoms with van der Waals surface area (Å²) in [5.74, 6) is -0.358. The summed E-state index contributed by atoms with van der Waals surface area (Å²) in [6.07, 6.45) is 1.62. The highest BCUT2D eigenvalue weighted by Gasteiger charge is 2.14. The summed E-state index contributed by atoms with van der Waals surface area (Å²) in [6, 6.07) is 2.18. The monoisotopic (exact) mass is 261 g/mol. The minimum absolute atomic E-state index is 0.0346. The first-order valence-electron chi connectivity index (χ1n) is 4.49. The van der Waals surface area contributed by atoms with Crippen molar-refractivity contribution in [1.82, 2.24) is 0 Å². The van der Waals surface area contributed by atoms with E-state index in [2.05, 4.69) is 15.9 Å². The van der Waals surface area contributed by atoms with Gasteiger partial charge in [-0.1, -0.05) is 13.3 Å². The predicted molar refractivity (Wildman–Crippen MR) is 57.6 cm³/mol. The molecule has 0 amide bonds. The van der Waals surface area contributed by atoms with Crippen molar-refractivity contribution in [3.05, 3.63) is 28.0 Å². The highest BCUT2D eigenvalue weighted by Crippen LogP contribution is 2.33. The van der Waals surface area contributed by atoms with Gasteiger partial charge in [0.05, 0.1) is 4.47 Å². The molecule has 1 rings (SSSR count). The van der Waals surface area contributed by atoms with Gasteiger partial charge in [-0.15, -0.1) is 0 Å². The van der Waals surface area contributed by atoms with Gasteiger partial charge in [-0.2, -0.15) is 0 Å². The molecular formula is C10H13BrFNO. The maximum atomic E-state index is 13.0. The lowest BCUT2D eigenvalue weighted by Gasteiger charge is -2.13. The van der Waals surface area contributed by atoms with Gasteiger partial charge in [0.25, 0.3) is 0 Å². The first-order valence-corrected chi connectivity index (χ1v) is 5.29. The van der Waals surface area contributed by atoms with Crippen LogP contribution in [-0.4, -0.2) is 5.11 Å². The SMILES string of the molecule is CCC[C@@H](N)c1cc(F)cc(Br)c1O. The van der Waals surface area contributed by atoms with E-state index in [4.69, 9.17) is 5.73 Å². The Bertz CT molecular complexity index is 330. The van der Waals surface area contributed by atoms with Gasteiger partial charge in [0.15, 0.2) is 0 Å².